The lowest BCUT2D eigenvalue weighted by Gasteiger charge is -2.34. The normalized spacial score (nSPS) is 22.6. The van der Waals surface area contributed by atoms with Crippen LogP contribution in [0.15, 0.2) is 6.07 Å². The Morgan fingerprint density at radius 3 is 2.60 bits per heavy atom. The molecule has 1 unspecified atom stereocenters. The molecule has 1 atom stereocenters. The Balaban J connectivity index is 1.51. The Hall–Kier alpha value is -2.02. The molecular weight excluding hydrogens is 411 g/mol. The number of carbonyl (C=O) groups excluding carboxylic acids is 2. The number of rotatable bonds is 4. The molecule has 1 aromatic carbocycles. The van der Waals surface area contributed by atoms with Crippen molar-refractivity contribution in [2.45, 2.75) is 71.6 Å². The van der Waals surface area contributed by atoms with Crippen molar-refractivity contribution in [3.05, 3.63) is 28.0 Å². The first-order valence-corrected chi connectivity index (χ1v) is 10.8. The van der Waals surface area contributed by atoms with Gasteiger partial charge >= 0.3 is 6.09 Å². The van der Waals surface area contributed by atoms with Crippen LogP contribution in [0.1, 0.15) is 69.3 Å². The van der Waals surface area contributed by atoms with E-state index in [0.29, 0.717) is 24.6 Å². The fourth-order valence-corrected chi connectivity index (χ4v) is 4.56. The van der Waals surface area contributed by atoms with Crippen LogP contribution in [0, 0.1) is 17.7 Å². The first kappa shape index (κ1) is 22.7. The van der Waals surface area contributed by atoms with Crippen LogP contribution in [0.2, 0.25) is 5.02 Å². The van der Waals surface area contributed by atoms with E-state index in [1.165, 1.54) is 6.07 Å². The topological polar surface area (TPSA) is 78.9 Å². The van der Waals surface area contributed by atoms with Gasteiger partial charge in [-0.2, -0.15) is 0 Å². The van der Waals surface area contributed by atoms with Crippen molar-refractivity contribution in [3.8, 4) is 5.75 Å². The zero-order valence-corrected chi connectivity index (χ0v) is 18.7. The quantitative estimate of drug-likeness (QED) is 0.700. The second-order valence-electron chi connectivity index (χ2n) is 9.51. The molecule has 0 bridgehead atoms. The van der Waals surface area contributed by atoms with E-state index in [4.69, 9.17) is 16.3 Å². The Bertz CT molecular complexity index is 831. The zero-order valence-electron chi connectivity index (χ0n) is 17.9. The molecule has 2 aliphatic rings. The summed E-state index contributed by atoms with van der Waals surface area (Å²) in [6.45, 7) is 8.48. The lowest BCUT2D eigenvalue weighted by Crippen LogP contribution is -2.43. The van der Waals surface area contributed by atoms with Gasteiger partial charge in [-0.3, -0.25) is 4.79 Å². The Kier molecular flexibility index (Phi) is 6.51. The molecule has 0 saturated heterocycles. The molecule has 0 aromatic heterocycles. The number of hydrogen-bond donors (Lipinski definition) is 2. The van der Waals surface area contributed by atoms with E-state index >= 15 is 0 Å². The first-order valence-electron chi connectivity index (χ1n) is 10.4. The van der Waals surface area contributed by atoms with Gasteiger partial charge < -0.3 is 20.1 Å². The molecule has 30 heavy (non-hydrogen) atoms. The van der Waals surface area contributed by atoms with Crippen molar-refractivity contribution in [1.82, 2.24) is 10.2 Å². The van der Waals surface area contributed by atoms with Crippen LogP contribution in [0.4, 0.5) is 9.18 Å². The third kappa shape index (κ3) is 4.99. The molecule has 2 N–H and O–H groups in total. The van der Waals surface area contributed by atoms with Crippen LogP contribution in [0.5, 0.6) is 5.75 Å². The summed E-state index contributed by atoms with van der Waals surface area (Å²) in [5, 5.41) is 12.4. The highest BCUT2D eigenvalue weighted by atomic mass is 35.5. The molecule has 1 aromatic rings. The Morgan fingerprint density at radius 1 is 1.37 bits per heavy atom. The number of alkyl carbamates (subject to hydrolysis) is 1. The standard InChI is InChI=1S/C22H30ClFN2O4/c1-12(30-21(29)25-22(2,3)4)14-7-5-13(6-8-14)10-26-11-15-9-16(23)19(27)18(24)17(15)20(26)28/h9,12-14,27H,5-8,10-11H2,1-4H3,(H,25,29). The number of nitrogens with one attached hydrogen (secondary N) is 1. The van der Waals surface area contributed by atoms with Gasteiger partial charge in [0.2, 0.25) is 0 Å². The number of fused-ring (bicyclic) bond motifs is 1. The van der Waals surface area contributed by atoms with Crippen LogP contribution < -0.4 is 5.32 Å². The minimum atomic E-state index is -0.937. The molecule has 166 valence electrons. The summed E-state index contributed by atoms with van der Waals surface area (Å²) in [5.74, 6) is -1.41. The maximum atomic E-state index is 14.3. The largest absolute Gasteiger partial charge is 0.504 e. The van der Waals surface area contributed by atoms with Crippen LogP contribution in [0.25, 0.3) is 0 Å². The monoisotopic (exact) mass is 440 g/mol. The minimum Gasteiger partial charge on any atom is -0.504 e. The Morgan fingerprint density at radius 2 is 2.00 bits per heavy atom. The number of halogens is 2. The molecule has 1 heterocycles. The van der Waals surface area contributed by atoms with Gasteiger partial charge in [0.05, 0.1) is 10.6 Å². The lowest BCUT2D eigenvalue weighted by atomic mass is 9.79. The number of phenolic OH excluding ortho intramolecular Hbond substituents is 1. The van der Waals surface area contributed by atoms with Crippen molar-refractivity contribution in [2.24, 2.45) is 11.8 Å². The molecular formula is C22H30ClFN2O4. The van der Waals surface area contributed by atoms with E-state index in [2.05, 4.69) is 5.32 Å². The molecule has 2 amide bonds. The average Bonchev–Trinajstić information content (AvgIpc) is 2.94. The third-order valence-electron chi connectivity index (χ3n) is 5.94. The Labute approximate surface area is 181 Å². The van der Waals surface area contributed by atoms with Gasteiger partial charge in [-0.25, -0.2) is 9.18 Å². The summed E-state index contributed by atoms with van der Waals surface area (Å²) in [6, 6.07) is 1.46. The molecule has 1 fully saturated rings. The van der Waals surface area contributed by atoms with Crippen LogP contribution in [-0.2, 0) is 11.3 Å². The summed E-state index contributed by atoms with van der Waals surface area (Å²) in [5.41, 5.74) is 0.104. The number of benzene rings is 1. The van der Waals surface area contributed by atoms with Gasteiger partial charge in [-0.05, 0) is 76.8 Å². The highest BCUT2D eigenvalue weighted by Crippen LogP contribution is 2.38. The van der Waals surface area contributed by atoms with Crippen LogP contribution in [-0.4, -0.2) is 40.2 Å². The first-order chi connectivity index (χ1) is 14.0. The van der Waals surface area contributed by atoms with Crippen molar-refractivity contribution >= 4 is 23.6 Å². The van der Waals surface area contributed by atoms with Gasteiger partial charge in [0.25, 0.3) is 5.91 Å². The maximum absolute atomic E-state index is 14.3. The predicted molar refractivity (Wildman–Crippen MR) is 112 cm³/mol. The molecule has 1 aliphatic heterocycles. The SMILES string of the molecule is CC(OC(=O)NC(C)(C)C)C1CCC(CN2Cc3cc(Cl)c(O)c(F)c3C2=O)CC1. The van der Waals surface area contributed by atoms with Gasteiger partial charge in [-0.1, -0.05) is 11.6 Å². The number of amides is 2. The van der Waals surface area contributed by atoms with E-state index < -0.39 is 23.6 Å². The molecule has 3 rings (SSSR count). The summed E-state index contributed by atoms with van der Waals surface area (Å²) < 4.78 is 19.8. The van der Waals surface area contributed by atoms with Crippen molar-refractivity contribution in [1.29, 1.82) is 0 Å². The molecule has 6 nitrogen and oxygen atoms in total. The van der Waals surface area contributed by atoms with Crippen LogP contribution in [0.3, 0.4) is 0 Å². The van der Waals surface area contributed by atoms with Crippen molar-refractivity contribution < 1.29 is 23.8 Å². The minimum absolute atomic E-state index is 0.0718. The van der Waals surface area contributed by atoms with Crippen molar-refractivity contribution in [3.63, 3.8) is 0 Å². The fourth-order valence-electron chi connectivity index (χ4n) is 4.35. The lowest BCUT2D eigenvalue weighted by molar-refractivity contribution is 0.0439. The number of phenols is 1. The second kappa shape index (κ2) is 8.61. The summed E-state index contributed by atoms with van der Waals surface area (Å²) in [4.78, 5) is 26.3. The van der Waals surface area contributed by atoms with E-state index in [1.54, 1.807) is 4.90 Å². The predicted octanol–water partition coefficient (Wildman–Crippen LogP) is 4.86. The summed E-state index contributed by atoms with van der Waals surface area (Å²) in [6.07, 6.45) is 3.06. The van der Waals surface area contributed by atoms with Gasteiger partial charge in [0, 0.05) is 18.6 Å². The van der Waals surface area contributed by atoms with Gasteiger partial charge in [0.15, 0.2) is 11.6 Å². The molecule has 1 saturated carbocycles. The van der Waals surface area contributed by atoms with Crippen LogP contribution >= 0.6 is 11.6 Å². The summed E-state index contributed by atoms with van der Waals surface area (Å²) in [7, 11) is 0. The average molecular weight is 441 g/mol. The smallest absolute Gasteiger partial charge is 0.407 e. The fraction of sp³-hybridized carbons (Fsp3) is 0.636. The number of hydrogen-bond acceptors (Lipinski definition) is 4. The van der Waals surface area contributed by atoms with E-state index in [1.807, 2.05) is 27.7 Å². The van der Waals surface area contributed by atoms with E-state index in [-0.39, 0.29) is 28.1 Å². The van der Waals surface area contributed by atoms with Gasteiger partial charge in [0.1, 0.15) is 6.10 Å². The van der Waals surface area contributed by atoms with Crippen molar-refractivity contribution in [2.75, 3.05) is 6.54 Å². The third-order valence-corrected chi connectivity index (χ3v) is 6.23. The molecule has 1 aliphatic carbocycles. The number of nitrogens with zero attached hydrogens (tertiary/aromatic N) is 1. The van der Waals surface area contributed by atoms with Gasteiger partial charge in [-0.15, -0.1) is 0 Å². The highest BCUT2D eigenvalue weighted by molar-refractivity contribution is 6.32. The highest BCUT2D eigenvalue weighted by Gasteiger charge is 2.36. The zero-order chi connectivity index (χ0) is 22.2. The molecule has 8 heteroatoms. The molecule has 0 spiro atoms. The maximum Gasteiger partial charge on any atom is 0.407 e. The number of aromatic hydroxyl groups is 1. The number of carbonyl (C=O) groups is 2. The summed E-state index contributed by atoms with van der Waals surface area (Å²) >= 11 is 5.84. The second-order valence-corrected chi connectivity index (χ2v) is 9.91. The van der Waals surface area contributed by atoms with E-state index in [0.717, 1.165) is 25.7 Å². The number of ether oxygens (including phenoxy) is 1. The molecule has 0 radical (unpaired) electrons. The van der Waals surface area contributed by atoms with E-state index in [9.17, 15) is 19.1 Å².